The maximum atomic E-state index is 5.77. The molecule has 0 saturated heterocycles. The summed E-state index contributed by atoms with van der Waals surface area (Å²) in [6.07, 6.45) is 0. The number of aromatic nitrogens is 3. The molecule has 0 bridgehead atoms. The van der Waals surface area contributed by atoms with Crippen LogP contribution in [0.1, 0.15) is 5.56 Å². The minimum atomic E-state index is 0.0741. The van der Waals surface area contributed by atoms with E-state index in [2.05, 4.69) is 20.3 Å². The van der Waals surface area contributed by atoms with Gasteiger partial charge in [0.1, 0.15) is 0 Å². The second-order valence-corrected chi connectivity index (χ2v) is 4.29. The summed E-state index contributed by atoms with van der Waals surface area (Å²) < 4.78 is 15.5. The fourth-order valence-electron chi connectivity index (χ4n) is 1.73. The fourth-order valence-corrected chi connectivity index (χ4v) is 1.89. The minimum absolute atomic E-state index is 0.0741. The molecule has 1 aromatic heterocycles. The summed E-state index contributed by atoms with van der Waals surface area (Å²) in [5, 5.41) is 3.12. The van der Waals surface area contributed by atoms with Crippen LogP contribution in [0.25, 0.3) is 0 Å². The lowest BCUT2D eigenvalue weighted by molar-refractivity contribution is 0.174. The lowest BCUT2D eigenvalue weighted by Gasteiger charge is -2.07. The van der Waals surface area contributed by atoms with E-state index in [1.54, 1.807) is 0 Å². The number of benzene rings is 1. The molecule has 1 aliphatic heterocycles. The molecule has 0 aliphatic carbocycles. The van der Waals surface area contributed by atoms with Gasteiger partial charge in [0.05, 0.1) is 7.11 Å². The summed E-state index contributed by atoms with van der Waals surface area (Å²) in [5.74, 6) is 1.83. The first-order valence-electron chi connectivity index (χ1n) is 5.82. The summed E-state index contributed by atoms with van der Waals surface area (Å²) in [6, 6.07) is 5.86. The summed E-state index contributed by atoms with van der Waals surface area (Å²) in [4.78, 5) is 11.8. The number of fused-ring (bicyclic) bond motifs is 1. The van der Waals surface area contributed by atoms with Crippen molar-refractivity contribution in [3.8, 4) is 17.5 Å². The number of nitrogens with one attached hydrogen (secondary N) is 1. The Morgan fingerprint density at radius 2 is 2.10 bits per heavy atom. The van der Waals surface area contributed by atoms with E-state index in [1.165, 1.54) is 7.11 Å². The molecular formula is C12H11ClN4O3. The highest BCUT2D eigenvalue weighted by Crippen LogP contribution is 2.32. The molecule has 7 nitrogen and oxygen atoms in total. The van der Waals surface area contributed by atoms with Crippen LogP contribution in [0.5, 0.6) is 17.5 Å². The summed E-state index contributed by atoms with van der Waals surface area (Å²) >= 11 is 5.77. The number of hydrogen-bond donors (Lipinski definition) is 1. The average Bonchev–Trinajstić information content (AvgIpc) is 2.92. The molecule has 0 fully saturated rings. The van der Waals surface area contributed by atoms with E-state index in [1.807, 2.05) is 18.2 Å². The standard InChI is InChI=1S/C12H11ClN4O3/c1-18-12-16-10(13)15-11(17-12)14-5-7-2-3-8-9(4-7)20-6-19-8/h2-4H,5-6H2,1H3,(H,14,15,16,17). The first kappa shape index (κ1) is 12.7. The molecule has 0 atom stereocenters. The van der Waals surface area contributed by atoms with Gasteiger partial charge in [-0.05, 0) is 29.3 Å². The lowest BCUT2D eigenvalue weighted by atomic mass is 10.2. The quantitative estimate of drug-likeness (QED) is 0.922. The van der Waals surface area contributed by atoms with Crippen molar-refractivity contribution in [2.45, 2.75) is 6.54 Å². The van der Waals surface area contributed by atoms with Crippen LogP contribution in [-0.2, 0) is 6.54 Å². The van der Waals surface area contributed by atoms with Gasteiger partial charge in [0, 0.05) is 6.54 Å². The topological polar surface area (TPSA) is 78.4 Å². The first-order valence-corrected chi connectivity index (χ1v) is 6.20. The Morgan fingerprint density at radius 3 is 2.95 bits per heavy atom. The number of rotatable bonds is 4. The van der Waals surface area contributed by atoms with Crippen molar-refractivity contribution < 1.29 is 14.2 Å². The largest absolute Gasteiger partial charge is 0.467 e. The lowest BCUT2D eigenvalue weighted by Crippen LogP contribution is -2.06. The van der Waals surface area contributed by atoms with Crippen molar-refractivity contribution in [2.24, 2.45) is 0 Å². The van der Waals surface area contributed by atoms with Crippen LogP contribution in [0.4, 0.5) is 5.95 Å². The molecule has 2 aromatic rings. The number of hydrogen-bond acceptors (Lipinski definition) is 7. The second-order valence-electron chi connectivity index (χ2n) is 3.96. The third-order valence-electron chi connectivity index (χ3n) is 2.66. The Morgan fingerprint density at radius 1 is 1.25 bits per heavy atom. The maximum absolute atomic E-state index is 5.77. The van der Waals surface area contributed by atoms with Crippen LogP contribution >= 0.6 is 11.6 Å². The molecule has 8 heteroatoms. The third kappa shape index (κ3) is 2.67. The Labute approximate surface area is 119 Å². The van der Waals surface area contributed by atoms with Crippen molar-refractivity contribution in [1.29, 1.82) is 0 Å². The second kappa shape index (κ2) is 5.38. The fraction of sp³-hybridized carbons (Fsp3) is 0.250. The van der Waals surface area contributed by atoms with E-state index in [0.717, 1.165) is 17.1 Å². The Kier molecular flexibility index (Phi) is 3.42. The Hall–Kier alpha value is -2.28. The molecule has 0 spiro atoms. The zero-order chi connectivity index (χ0) is 13.9. The number of nitrogens with zero attached hydrogens (tertiary/aromatic N) is 3. The van der Waals surface area contributed by atoms with E-state index in [4.69, 9.17) is 25.8 Å². The van der Waals surface area contributed by atoms with Gasteiger partial charge in [0.15, 0.2) is 11.5 Å². The predicted octanol–water partition coefficient (Wildman–Crippen LogP) is 1.87. The molecule has 0 amide bonds. The first-order chi connectivity index (χ1) is 9.74. The van der Waals surface area contributed by atoms with Crippen molar-refractivity contribution in [3.05, 3.63) is 29.0 Å². The molecule has 0 saturated carbocycles. The Bertz CT molecular complexity index is 638. The number of ether oxygens (including phenoxy) is 3. The van der Waals surface area contributed by atoms with Gasteiger partial charge in [-0.3, -0.25) is 0 Å². The molecule has 0 radical (unpaired) electrons. The molecule has 2 heterocycles. The molecule has 1 aliphatic rings. The van der Waals surface area contributed by atoms with Gasteiger partial charge < -0.3 is 19.5 Å². The molecular weight excluding hydrogens is 284 g/mol. The van der Waals surface area contributed by atoms with Crippen LogP contribution in [0.2, 0.25) is 5.28 Å². The normalized spacial score (nSPS) is 12.3. The van der Waals surface area contributed by atoms with Crippen LogP contribution in [0.3, 0.4) is 0 Å². The molecule has 3 rings (SSSR count). The molecule has 104 valence electrons. The average molecular weight is 295 g/mol. The van der Waals surface area contributed by atoms with E-state index in [9.17, 15) is 0 Å². The minimum Gasteiger partial charge on any atom is -0.467 e. The molecule has 1 N–H and O–H groups in total. The maximum Gasteiger partial charge on any atom is 0.322 e. The SMILES string of the molecule is COc1nc(Cl)nc(NCc2ccc3c(c2)OCO3)n1. The summed E-state index contributed by atoms with van der Waals surface area (Å²) in [5.41, 5.74) is 1.00. The van der Waals surface area contributed by atoms with Crippen LogP contribution in [-0.4, -0.2) is 28.9 Å². The van der Waals surface area contributed by atoms with Crippen molar-refractivity contribution in [3.63, 3.8) is 0 Å². The van der Waals surface area contributed by atoms with Crippen LogP contribution in [0.15, 0.2) is 18.2 Å². The smallest absolute Gasteiger partial charge is 0.322 e. The zero-order valence-electron chi connectivity index (χ0n) is 10.6. The van der Waals surface area contributed by atoms with E-state index >= 15 is 0 Å². The monoisotopic (exact) mass is 294 g/mol. The molecule has 20 heavy (non-hydrogen) atoms. The van der Waals surface area contributed by atoms with Gasteiger partial charge in [-0.2, -0.15) is 15.0 Å². The van der Waals surface area contributed by atoms with Gasteiger partial charge in [0.25, 0.3) is 0 Å². The highest BCUT2D eigenvalue weighted by Gasteiger charge is 2.13. The van der Waals surface area contributed by atoms with Gasteiger partial charge >= 0.3 is 6.01 Å². The van der Waals surface area contributed by atoms with Gasteiger partial charge in [-0.15, -0.1) is 0 Å². The third-order valence-corrected chi connectivity index (χ3v) is 2.83. The van der Waals surface area contributed by atoms with Crippen molar-refractivity contribution >= 4 is 17.5 Å². The van der Waals surface area contributed by atoms with E-state index < -0.39 is 0 Å². The zero-order valence-corrected chi connectivity index (χ0v) is 11.3. The molecule has 1 aromatic carbocycles. The van der Waals surface area contributed by atoms with Crippen molar-refractivity contribution in [1.82, 2.24) is 15.0 Å². The molecule has 0 unspecified atom stereocenters. The highest BCUT2D eigenvalue weighted by atomic mass is 35.5. The van der Waals surface area contributed by atoms with Gasteiger partial charge in [-0.25, -0.2) is 0 Å². The van der Waals surface area contributed by atoms with E-state index in [-0.39, 0.29) is 18.1 Å². The van der Waals surface area contributed by atoms with Crippen molar-refractivity contribution in [2.75, 3.05) is 19.2 Å². The number of anilines is 1. The van der Waals surface area contributed by atoms with Crippen LogP contribution < -0.4 is 19.5 Å². The number of methoxy groups -OCH3 is 1. The summed E-state index contributed by atoms with van der Waals surface area (Å²) in [7, 11) is 1.47. The predicted molar refractivity (Wildman–Crippen MR) is 71.3 cm³/mol. The Balaban J connectivity index is 1.71. The van der Waals surface area contributed by atoms with E-state index in [0.29, 0.717) is 12.5 Å². The summed E-state index contributed by atoms with van der Waals surface area (Å²) in [6.45, 7) is 0.770. The van der Waals surface area contributed by atoms with Gasteiger partial charge in [0.2, 0.25) is 18.0 Å². The van der Waals surface area contributed by atoms with Gasteiger partial charge in [-0.1, -0.05) is 6.07 Å². The number of halogens is 1. The highest BCUT2D eigenvalue weighted by molar-refractivity contribution is 6.28. The van der Waals surface area contributed by atoms with Crippen LogP contribution in [0, 0.1) is 0 Å².